The average Bonchev–Trinajstić information content (AvgIpc) is 2.67. The summed E-state index contributed by atoms with van der Waals surface area (Å²) in [5.41, 5.74) is 9.03. The van der Waals surface area contributed by atoms with Crippen LogP contribution in [0, 0.1) is 6.92 Å². The first-order valence-corrected chi connectivity index (χ1v) is 6.49. The number of likely N-dealkylation sites (tertiary alicyclic amines) is 1. The summed E-state index contributed by atoms with van der Waals surface area (Å²) >= 11 is 0. The van der Waals surface area contributed by atoms with Crippen molar-refractivity contribution in [2.24, 2.45) is 0 Å². The van der Waals surface area contributed by atoms with Gasteiger partial charge in [-0.1, -0.05) is 0 Å². The molecule has 0 bridgehead atoms. The maximum atomic E-state index is 5.85. The van der Waals surface area contributed by atoms with Crippen LogP contribution in [-0.2, 0) is 0 Å². The van der Waals surface area contributed by atoms with E-state index in [1.807, 2.05) is 12.1 Å². The van der Waals surface area contributed by atoms with Crippen molar-refractivity contribution >= 4 is 11.4 Å². The van der Waals surface area contributed by atoms with E-state index in [1.165, 1.54) is 31.5 Å². The van der Waals surface area contributed by atoms with E-state index in [-0.39, 0.29) is 0 Å². The lowest BCUT2D eigenvalue weighted by Gasteiger charge is -2.22. The van der Waals surface area contributed by atoms with Gasteiger partial charge in [0.1, 0.15) is 0 Å². The molecule has 1 unspecified atom stereocenters. The number of nitrogens with one attached hydrogen (secondary N) is 1. The summed E-state index contributed by atoms with van der Waals surface area (Å²) in [5, 5.41) is 3.53. The number of nitrogen functional groups attached to an aromatic ring is 1. The third kappa shape index (κ3) is 3.63. The Morgan fingerprint density at radius 2 is 2.00 bits per heavy atom. The lowest BCUT2D eigenvalue weighted by Crippen LogP contribution is -2.32. The quantitative estimate of drug-likeness (QED) is 0.785. The number of anilines is 2. The lowest BCUT2D eigenvalue weighted by molar-refractivity contribution is 0.328. The van der Waals surface area contributed by atoms with Crippen molar-refractivity contribution in [1.29, 1.82) is 0 Å². The number of aryl methyl sites for hydroxylation is 1. The smallest absolute Gasteiger partial charge is 0.0365 e. The first-order chi connectivity index (χ1) is 8.13. The molecular formula is C14H23N3. The molecule has 94 valence electrons. The molecule has 0 saturated carbocycles. The minimum atomic E-state index is 0.467. The summed E-state index contributed by atoms with van der Waals surface area (Å²) in [5.74, 6) is 0. The number of benzene rings is 1. The molecule has 1 aromatic rings. The third-order valence-corrected chi connectivity index (χ3v) is 3.24. The molecule has 0 aromatic heterocycles. The highest BCUT2D eigenvalue weighted by molar-refractivity contribution is 5.57. The largest absolute Gasteiger partial charge is 0.399 e. The SMILES string of the molecule is Cc1cc(N)cc(NC(C)CN2CCCC2)c1. The maximum Gasteiger partial charge on any atom is 0.0365 e. The van der Waals surface area contributed by atoms with Gasteiger partial charge in [0.15, 0.2) is 0 Å². The summed E-state index contributed by atoms with van der Waals surface area (Å²) in [4.78, 5) is 2.52. The number of rotatable bonds is 4. The predicted octanol–water partition coefficient (Wildman–Crippen LogP) is 2.47. The van der Waals surface area contributed by atoms with E-state index < -0.39 is 0 Å². The summed E-state index contributed by atoms with van der Waals surface area (Å²) in [7, 11) is 0. The zero-order valence-electron chi connectivity index (χ0n) is 10.9. The van der Waals surface area contributed by atoms with Crippen LogP contribution in [-0.4, -0.2) is 30.6 Å². The standard InChI is InChI=1S/C14H23N3/c1-11-7-13(15)9-14(8-11)16-12(2)10-17-5-3-4-6-17/h7-9,12,16H,3-6,10,15H2,1-2H3. The van der Waals surface area contributed by atoms with Crippen LogP contribution < -0.4 is 11.1 Å². The molecule has 0 aliphatic carbocycles. The first-order valence-electron chi connectivity index (χ1n) is 6.49. The normalized spacial score (nSPS) is 18.2. The molecular weight excluding hydrogens is 210 g/mol. The van der Waals surface area contributed by atoms with Crippen molar-refractivity contribution in [3.05, 3.63) is 23.8 Å². The molecule has 17 heavy (non-hydrogen) atoms. The van der Waals surface area contributed by atoms with Gasteiger partial charge in [0.2, 0.25) is 0 Å². The molecule has 1 aliphatic rings. The molecule has 3 N–H and O–H groups in total. The van der Waals surface area contributed by atoms with Crippen LogP contribution in [0.5, 0.6) is 0 Å². The third-order valence-electron chi connectivity index (χ3n) is 3.24. The second-order valence-electron chi connectivity index (χ2n) is 5.19. The number of nitrogens with two attached hydrogens (primary N) is 1. The van der Waals surface area contributed by atoms with E-state index in [4.69, 9.17) is 5.73 Å². The van der Waals surface area contributed by atoms with E-state index in [2.05, 4.69) is 30.1 Å². The Kier molecular flexibility index (Phi) is 3.89. The molecule has 2 rings (SSSR count). The fraction of sp³-hybridized carbons (Fsp3) is 0.571. The van der Waals surface area contributed by atoms with Crippen molar-refractivity contribution < 1.29 is 0 Å². The Morgan fingerprint density at radius 3 is 2.65 bits per heavy atom. The monoisotopic (exact) mass is 233 g/mol. The van der Waals surface area contributed by atoms with Crippen molar-refractivity contribution in [2.75, 3.05) is 30.7 Å². The van der Waals surface area contributed by atoms with Gasteiger partial charge in [0.25, 0.3) is 0 Å². The van der Waals surface area contributed by atoms with Crippen LogP contribution in [0.25, 0.3) is 0 Å². The minimum Gasteiger partial charge on any atom is -0.399 e. The Labute approximate surface area is 104 Å². The van der Waals surface area contributed by atoms with Gasteiger partial charge in [-0.15, -0.1) is 0 Å². The summed E-state index contributed by atoms with van der Waals surface area (Å²) in [6, 6.07) is 6.62. The second kappa shape index (κ2) is 5.41. The van der Waals surface area contributed by atoms with Crippen LogP contribution in [0.2, 0.25) is 0 Å². The molecule has 0 spiro atoms. The molecule has 0 amide bonds. The molecule has 3 heteroatoms. The summed E-state index contributed by atoms with van der Waals surface area (Å²) in [6.45, 7) is 7.93. The highest BCUT2D eigenvalue weighted by Gasteiger charge is 2.14. The van der Waals surface area contributed by atoms with Crippen LogP contribution in [0.3, 0.4) is 0 Å². The zero-order chi connectivity index (χ0) is 12.3. The van der Waals surface area contributed by atoms with Gasteiger partial charge in [-0.25, -0.2) is 0 Å². The Hall–Kier alpha value is -1.22. The van der Waals surface area contributed by atoms with Gasteiger partial charge in [-0.3, -0.25) is 0 Å². The van der Waals surface area contributed by atoms with Crippen molar-refractivity contribution in [1.82, 2.24) is 4.90 Å². The average molecular weight is 233 g/mol. The molecule has 1 fully saturated rings. The van der Waals surface area contributed by atoms with E-state index in [1.54, 1.807) is 0 Å². The van der Waals surface area contributed by atoms with Crippen molar-refractivity contribution in [3.8, 4) is 0 Å². The van der Waals surface area contributed by atoms with Gasteiger partial charge < -0.3 is 16.0 Å². The van der Waals surface area contributed by atoms with Gasteiger partial charge in [0.05, 0.1) is 0 Å². The topological polar surface area (TPSA) is 41.3 Å². The fourth-order valence-electron chi connectivity index (χ4n) is 2.58. The number of nitrogens with zero attached hydrogens (tertiary/aromatic N) is 1. The van der Waals surface area contributed by atoms with Crippen LogP contribution in [0.4, 0.5) is 11.4 Å². The second-order valence-corrected chi connectivity index (χ2v) is 5.19. The highest BCUT2D eigenvalue weighted by atomic mass is 15.2. The van der Waals surface area contributed by atoms with E-state index in [0.717, 1.165) is 17.9 Å². The van der Waals surface area contributed by atoms with Crippen LogP contribution >= 0.6 is 0 Å². The van der Waals surface area contributed by atoms with Crippen molar-refractivity contribution in [3.63, 3.8) is 0 Å². The molecule has 1 heterocycles. The molecule has 1 saturated heterocycles. The minimum absolute atomic E-state index is 0.467. The molecule has 0 radical (unpaired) electrons. The van der Waals surface area contributed by atoms with Gasteiger partial charge >= 0.3 is 0 Å². The Morgan fingerprint density at radius 1 is 1.29 bits per heavy atom. The highest BCUT2D eigenvalue weighted by Crippen LogP contribution is 2.17. The summed E-state index contributed by atoms with van der Waals surface area (Å²) < 4.78 is 0. The van der Waals surface area contributed by atoms with Gasteiger partial charge in [-0.2, -0.15) is 0 Å². The van der Waals surface area contributed by atoms with E-state index >= 15 is 0 Å². The molecule has 1 atom stereocenters. The predicted molar refractivity (Wildman–Crippen MR) is 74.4 cm³/mol. The fourth-order valence-corrected chi connectivity index (χ4v) is 2.58. The molecule has 1 aromatic carbocycles. The molecule has 1 aliphatic heterocycles. The van der Waals surface area contributed by atoms with Gasteiger partial charge in [-0.05, 0) is 63.5 Å². The first kappa shape index (κ1) is 12.2. The number of hydrogen-bond acceptors (Lipinski definition) is 3. The number of hydrogen-bond donors (Lipinski definition) is 2. The zero-order valence-corrected chi connectivity index (χ0v) is 10.9. The maximum absolute atomic E-state index is 5.85. The van der Waals surface area contributed by atoms with Crippen LogP contribution in [0.15, 0.2) is 18.2 Å². The van der Waals surface area contributed by atoms with E-state index in [9.17, 15) is 0 Å². The Balaban J connectivity index is 1.90. The summed E-state index contributed by atoms with van der Waals surface area (Å²) in [6.07, 6.45) is 2.70. The molecule has 3 nitrogen and oxygen atoms in total. The lowest BCUT2D eigenvalue weighted by atomic mass is 10.2. The van der Waals surface area contributed by atoms with E-state index in [0.29, 0.717) is 6.04 Å². The van der Waals surface area contributed by atoms with Gasteiger partial charge in [0, 0.05) is 24.0 Å². The van der Waals surface area contributed by atoms with Crippen LogP contribution in [0.1, 0.15) is 25.3 Å². The van der Waals surface area contributed by atoms with Crippen molar-refractivity contribution in [2.45, 2.75) is 32.7 Å². The Bertz CT molecular complexity index is 349.